The number of carbonyl (C=O) groups excluding carboxylic acids is 1. The van der Waals surface area contributed by atoms with E-state index in [0.29, 0.717) is 4.88 Å². The minimum Gasteiger partial charge on any atom is -0.365 e. The summed E-state index contributed by atoms with van der Waals surface area (Å²) in [5.41, 5.74) is 9.29. The van der Waals surface area contributed by atoms with Gasteiger partial charge >= 0.3 is 0 Å². The smallest absolute Gasteiger partial charge is 0.259 e. The zero-order chi connectivity index (χ0) is 14.4. The zero-order valence-electron chi connectivity index (χ0n) is 11.5. The molecule has 20 heavy (non-hydrogen) atoms. The third-order valence-electron chi connectivity index (χ3n) is 3.20. The summed E-state index contributed by atoms with van der Waals surface area (Å²) in [5.74, 6) is -0.427. The van der Waals surface area contributed by atoms with Crippen molar-refractivity contribution < 1.29 is 4.79 Å². The highest BCUT2D eigenvalue weighted by atomic mass is 32.1. The van der Waals surface area contributed by atoms with Crippen molar-refractivity contribution in [3.63, 3.8) is 0 Å². The number of fused-ring (bicyclic) bond motifs is 1. The van der Waals surface area contributed by atoms with Crippen molar-refractivity contribution in [1.82, 2.24) is 14.8 Å². The van der Waals surface area contributed by atoms with Crippen molar-refractivity contribution in [1.29, 1.82) is 0 Å². The van der Waals surface area contributed by atoms with E-state index in [1.807, 2.05) is 33.2 Å². The third kappa shape index (κ3) is 1.89. The summed E-state index contributed by atoms with van der Waals surface area (Å²) in [4.78, 5) is 17.6. The minimum atomic E-state index is -0.427. The summed E-state index contributed by atoms with van der Waals surface area (Å²) in [5, 5.41) is 5.16. The lowest BCUT2D eigenvalue weighted by atomic mass is 10.0. The van der Waals surface area contributed by atoms with Gasteiger partial charge in [0.05, 0.1) is 6.20 Å². The Morgan fingerprint density at radius 3 is 2.75 bits per heavy atom. The highest BCUT2D eigenvalue weighted by molar-refractivity contribution is 7.21. The fourth-order valence-electron chi connectivity index (χ4n) is 2.44. The Morgan fingerprint density at radius 2 is 2.15 bits per heavy atom. The van der Waals surface area contributed by atoms with Gasteiger partial charge in [-0.25, -0.2) is 4.98 Å². The van der Waals surface area contributed by atoms with Gasteiger partial charge in [-0.15, -0.1) is 11.3 Å². The van der Waals surface area contributed by atoms with Gasteiger partial charge in [0.25, 0.3) is 5.91 Å². The van der Waals surface area contributed by atoms with Crippen molar-refractivity contribution in [2.45, 2.75) is 13.8 Å². The number of primary amides is 1. The Bertz CT molecular complexity index is 831. The lowest BCUT2D eigenvalue weighted by Crippen LogP contribution is -2.09. The van der Waals surface area contributed by atoms with Gasteiger partial charge in [0.1, 0.15) is 9.71 Å². The Kier molecular flexibility index (Phi) is 2.83. The van der Waals surface area contributed by atoms with E-state index in [1.165, 1.54) is 11.3 Å². The Labute approximate surface area is 120 Å². The van der Waals surface area contributed by atoms with E-state index < -0.39 is 5.91 Å². The maximum Gasteiger partial charge on any atom is 0.259 e. The first-order chi connectivity index (χ1) is 9.47. The lowest BCUT2D eigenvalue weighted by molar-refractivity contribution is 0.100. The molecule has 102 valence electrons. The lowest BCUT2D eigenvalue weighted by Gasteiger charge is -2.02. The van der Waals surface area contributed by atoms with Crippen LogP contribution in [0.5, 0.6) is 0 Å². The van der Waals surface area contributed by atoms with Crippen molar-refractivity contribution >= 4 is 27.5 Å². The number of aromatic nitrogens is 3. The summed E-state index contributed by atoms with van der Waals surface area (Å²) in [6.07, 6.45) is 3.63. The Balaban J connectivity index is 2.43. The van der Waals surface area contributed by atoms with Gasteiger partial charge in [0.2, 0.25) is 0 Å². The monoisotopic (exact) mass is 286 g/mol. The molecule has 3 rings (SSSR count). The number of hydrogen-bond donors (Lipinski definition) is 1. The number of thiophene rings is 1. The molecule has 0 fully saturated rings. The molecule has 0 saturated heterocycles. The van der Waals surface area contributed by atoms with E-state index >= 15 is 0 Å². The predicted molar refractivity (Wildman–Crippen MR) is 79.8 cm³/mol. The molecule has 3 aromatic rings. The van der Waals surface area contributed by atoms with Gasteiger partial charge in [-0.1, -0.05) is 0 Å². The fraction of sp³-hybridized carbons (Fsp3) is 0.214. The molecule has 5 nitrogen and oxygen atoms in total. The van der Waals surface area contributed by atoms with E-state index in [4.69, 9.17) is 5.73 Å². The average molecular weight is 286 g/mol. The maximum absolute atomic E-state index is 11.7. The number of nitrogens with two attached hydrogens (primary N) is 1. The Morgan fingerprint density at radius 1 is 1.40 bits per heavy atom. The van der Waals surface area contributed by atoms with Crippen LogP contribution in [0, 0.1) is 13.8 Å². The van der Waals surface area contributed by atoms with Crippen molar-refractivity contribution in [2.24, 2.45) is 12.8 Å². The summed E-state index contributed by atoms with van der Waals surface area (Å²) >= 11 is 1.34. The Hall–Kier alpha value is -2.21. The average Bonchev–Trinajstić information content (AvgIpc) is 2.92. The van der Waals surface area contributed by atoms with Crippen LogP contribution in [-0.2, 0) is 7.05 Å². The van der Waals surface area contributed by atoms with E-state index in [2.05, 4.69) is 10.1 Å². The van der Waals surface area contributed by atoms with Crippen LogP contribution in [-0.4, -0.2) is 20.7 Å². The first-order valence-electron chi connectivity index (χ1n) is 6.17. The first kappa shape index (κ1) is 12.8. The molecule has 3 heterocycles. The summed E-state index contributed by atoms with van der Waals surface area (Å²) in [6.45, 7) is 3.97. The van der Waals surface area contributed by atoms with Crippen LogP contribution in [0.15, 0.2) is 18.5 Å². The molecular formula is C14H14N4OS. The molecule has 3 aromatic heterocycles. The van der Waals surface area contributed by atoms with E-state index in [-0.39, 0.29) is 0 Å². The molecule has 0 atom stereocenters. The van der Waals surface area contributed by atoms with Gasteiger partial charge in [-0.2, -0.15) is 5.10 Å². The minimum absolute atomic E-state index is 0.427. The molecule has 2 N–H and O–H groups in total. The molecule has 1 amide bonds. The maximum atomic E-state index is 11.7. The van der Waals surface area contributed by atoms with E-state index in [1.54, 1.807) is 10.9 Å². The van der Waals surface area contributed by atoms with Crippen LogP contribution in [0.4, 0.5) is 0 Å². The highest BCUT2D eigenvalue weighted by Crippen LogP contribution is 2.39. The number of rotatable bonds is 2. The molecule has 0 aliphatic heterocycles. The summed E-state index contributed by atoms with van der Waals surface area (Å²) in [7, 11) is 1.84. The second-order valence-electron chi connectivity index (χ2n) is 4.83. The number of nitrogens with zero attached hydrogens (tertiary/aromatic N) is 3. The summed E-state index contributed by atoms with van der Waals surface area (Å²) in [6, 6.07) is 2.01. The largest absolute Gasteiger partial charge is 0.365 e. The molecule has 0 bridgehead atoms. The summed E-state index contributed by atoms with van der Waals surface area (Å²) < 4.78 is 1.71. The van der Waals surface area contributed by atoms with Crippen LogP contribution in [0.3, 0.4) is 0 Å². The molecule has 0 radical (unpaired) electrons. The van der Waals surface area contributed by atoms with Crippen molar-refractivity contribution in [3.8, 4) is 11.1 Å². The number of carbonyl (C=O) groups is 1. The van der Waals surface area contributed by atoms with Crippen LogP contribution >= 0.6 is 11.3 Å². The van der Waals surface area contributed by atoms with Gasteiger partial charge in [-0.05, 0) is 25.5 Å². The normalized spacial score (nSPS) is 11.2. The van der Waals surface area contributed by atoms with Crippen LogP contribution in [0.1, 0.15) is 20.9 Å². The number of hydrogen-bond acceptors (Lipinski definition) is 4. The van der Waals surface area contributed by atoms with Gasteiger partial charge < -0.3 is 5.73 Å². The van der Waals surface area contributed by atoms with Crippen LogP contribution < -0.4 is 5.73 Å². The fourth-order valence-corrected chi connectivity index (χ4v) is 3.61. The number of amides is 1. The van der Waals surface area contributed by atoms with Gasteiger partial charge in [0.15, 0.2) is 0 Å². The molecule has 6 heteroatoms. The molecule has 0 spiro atoms. The highest BCUT2D eigenvalue weighted by Gasteiger charge is 2.21. The van der Waals surface area contributed by atoms with Crippen molar-refractivity contribution in [3.05, 3.63) is 34.6 Å². The topological polar surface area (TPSA) is 73.8 Å². The predicted octanol–water partition coefficient (Wildman–Crippen LogP) is 2.41. The molecule has 0 aliphatic rings. The van der Waals surface area contributed by atoms with E-state index in [9.17, 15) is 4.79 Å². The number of aryl methyl sites for hydroxylation is 3. The van der Waals surface area contributed by atoms with Gasteiger partial charge in [0, 0.05) is 35.5 Å². The quantitative estimate of drug-likeness (QED) is 0.786. The zero-order valence-corrected chi connectivity index (χ0v) is 12.3. The molecule has 0 saturated carbocycles. The van der Waals surface area contributed by atoms with Crippen LogP contribution in [0.2, 0.25) is 0 Å². The SMILES string of the molecule is Cc1cc(C)c2c(-c3cnn(C)c3)c(C(N)=O)sc2n1. The van der Waals surface area contributed by atoms with Gasteiger partial charge in [-0.3, -0.25) is 9.48 Å². The first-order valence-corrected chi connectivity index (χ1v) is 6.98. The van der Waals surface area contributed by atoms with E-state index in [0.717, 1.165) is 32.6 Å². The third-order valence-corrected chi connectivity index (χ3v) is 4.30. The second-order valence-corrected chi connectivity index (χ2v) is 5.83. The molecular weight excluding hydrogens is 272 g/mol. The van der Waals surface area contributed by atoms with Crippen molar-refractivity contribution in [2.75, 3.05) is 0 Å². The molecule has 0 unspecified atom stereocenters. The second kappa shape index (κ2) is 4.42. The number of pyridine rings is 1. The molecule has 0 aromatic carbocycles. The molecule has 0 aliphatic carbocycles. The van der Waals surface area contributed by atoms with Crippen LogP contribution in [0.25, 0.3) is 21.3 Å². The standard InChI is InChI=1S/C14H14N4OS/c1-7-4-8(2)17-14-10(7)11(12(20-14)13(15)19)9-5-16-18(3)6-9/h4-6H,1-3H3,(H2,15,19).